The van der Waals surface area contributed by atoms with Crippen molar-refractivity contribution in [1.29, 1.82) is 0 Å². The molecule has 1 amide bonds. The molecule has 142 valence electrons. The van der Waals surface area contributed by atoms with Crippen LogP contribution in [0.15, 0.2) is 47.6 Å². The number of nitrogens with zero attached hydrogens (tertiary/aromatic N) is 3. The summed E-state index contributed by atoms with van der Waals surface area (Å²) in [7, 11) is 0. The van der Waals surface area contributed by atoms with Crippen molar-refractivity contribution in [3.63, 3.8) is 0 Å². The second kappa shape index (κ2) is 7.77. The lowest BCUT2D eigenvalue weighted by atomic mass is 10.2. The number of fused-ring (bicyclic) bond motifs is 3. The van der Waals surface area contributed by atoms with Crippen LogP contribution in [0.3, 0.4) is 0 Å². The monoisotopic (exact) mass is 411 g/mol. The van der Waals surface area contributed by atoms with Gasteiger partial charge in [-0.15, -0.1) is 10.2 Å². The van der Waals surface area contributed by atoms with E-state index < -0.39 is 0 Å². The molecule has 0 aliphatic carbocycles. The van der Waals surface area contributed by atoms with Crippen molar-refractivity contribution in [2.75, 3.05) is 5.32 Å². The smallest absolute Gasteiger partial charge is 0.237 e. The number of thioether (sulfide) groups is 1. The predicted octanol–water partition coefficient (Wildman–Crippen LogP) is 4.98. The number of nitrogens with one attached hydrogen (secondary N) is 2. The highest BCUT2D eigenvalue weighted by atomic mass is 35.5. The fraction of sp³-hybridized carbons (Fsp3) is 0.200. The standard InChI is InChI=1S/C20H18ClN5OS/c1-3-16(19(27)22-12-9-8-11(2)14(21)10-12)28-20-24-18-17(25-26-20)13-6-4-5-7-15(13)23-18/h4-10,16H,3H2,1-2H3,(H,22,27)(H,23,24,26). The lowest BCUT2D eigenvalue weighted by Gasteiger charge is -2.14. The number of hydrogen-bond donors (Lipinski definition) is 2. The highest BCUT2D eigenvalue weighted by Gasteiger charge is 2.21. The van der Waals surface area contributed by atoms with Gasteiger partial charge in [0.15, 0.2) is 5.65 Å². The van der Waals surface area contributed by atoms with Gasteiger partial charge in [-0.05, 0) is 37.1 Å². The van der Waals surface area contributed by atoms with Gasteiger partial charge in [0.25, 0.3) is 0 Å². The molecule has 0 radical (unpaired) electrons. The van der Waals surface area contributed by atoms with Crippen LogP contribution in [0.25, 0.3) is 22.1 Å². The van der Waals surface area contributed by atoms with Crippen LogP contribution in [0.5, 0.6) is 0 Å². The number of hydrogen-bond acceptors (Lipinski definition) is 5. The molecule has 28 heavy (non-hydrogen) atoms. The molecule has 1 atom stereocenters. The zero-order valence-electron chi connectivity index (χ0n) is 15.4. The molecule has 2 aromatic heterocycles. The lowest BCUT2D eigenvalue weighted by Crippen LogP contribution is -2.24. The third kappa shape index (κ3) is 3.68. The van der Waals surface area contributed by atoms with Crippen molar-refractivity contribution in [1.82, 2.24) is 20.2 Å². The summed E-state index contributed by atoms with van der Waals surface area (Å²) >= 11 is 7.44. The fourth-order valence-corrected chi connectivity index (χ4v) is 3.90. The number of rotatable bonds is 5. The van der Waals surface area contributed by atoms with Crippen LogP contribution in [-0.2, 0) is 4.79 Å². The second-order valence-corrected chi connectivity index (χ2v) is 8.01. The number of carbonyl (C=O) groups excluding carboxylic acids is 1. The summed E-state index contributed by atoms with van der Waals surface area (Å²) in [6, 6.07) is 13.3. The first-order valence-corrected chi connectivity index (χ1v) is 10.2. The first-order valence-electron chi connectivity index (χ1n) is 8.90. The molecule has 8 heteroatoms. The molecule has 0 fully saturated rings. The maximum atomic E-state index is 12.7. The molecule has 0 aliphatic heterocycles. The van der Waals surface area contributed by atoms with Crippen molar-refractivity contribution in [3.05, 3.63) is 53.1 Å². The molecule has 0 bridgehead atoms. The van der Waals surface area contributed by atoms with Gasteiger partial charge in [0.05, 0.1) is 5.25 Å². The summed E-state index contributed by atoms with van der Waals surface area (Å²) in [6.45, 7) is 3.87. The van der Waals surface area contributed by atoms with Gasteiger partial charge < -0.3 is 10.3 Å². The summed E-state index contributed by atoms with van der Waals surface area (Å²) in [4.78, 5) is 20.5. The van der Waals surface area contributed by atoms with Crippen LogP contribution in [0.4, 0.5) is 5.69 Å². The highest BCUT2D eigenvalue weighted by Crippen LogP contribution is 2.27. The number of H-pyrrole nitrogens is 1. The molecule has 4 aromatic rings. The van der Waals surface area contributed by atoms with Gasteiger partial charge in [-0.25, -0.2) is 4.98 Å². The normalized spacial score (nSPS) is 12.4. The first kappa shape index (κ1) is 18.7. The minimum atomic E-state index is -0.344. The van der Waals surface area contributed by atoms with Gasteiger partial charge in [0, 0.05) is 21.6 Å². The molecule has 4 rings (SSSR count). The summed E-state index contributed by atoms with van der Waals surface area (Å²) in [5.74, 6) is -0.118. The average Bonchev–Trinajstić information content (AvgIpc) is 3.06. The Hall–Kier alpha value is -2.64. The van der Waals surface area contributed by atoms with Gasteiger partial charge in [0.1, 0.15) is 5.52 Å². The van der Waals surface area contributed by atoms with Gasteiger partial charge >= 0.3 is 0 Å². The maximum absolute atomic E-state index is 12.7. The number of carbonyl (C=O) groups is 1. The van der Waals surface area contributed by atoms with Crippen molar-refractivity contribution in [2.45, 2.75) is 30.7 Å². The molecule has 2 N–H and O–H groups in total. The van der Waals surface area contributed by atoms with Gasteiger partial charge in [-0.2, -0.15) is 0 Å². The molecule has 0 saturated carbocycles. The minimum Gasteiger partial charge on any atom is -0.338 e. The Morgan fingerprint density at radius 3 is 2.86 bits per heavy atom. The molecule has 2 aromatic carbocycles. The number of amides is 1. The Morgan fingerprint density at radius 1 is 1.25 bits per heavy atom. The number of benzene rings is 2. The van der Waals surface area contributed by atoms with E-state index in [1.54, 1.807) is 6.07 Å². The van der Waals surface area contributed by atoms with Crippen molar-refractivity contribution in [3.8, 4) is 0 Å². The van der Waals surface area contributed by atoms with Crippen LogP contribution < -0.4 is 5.32 Å². The van der Waals surface area contributed by atoms with Crippen LogP contribution in [-0.4, -0.2) is 31.3 Å². The van der Waals surface area contributed by atoms with E-state index in [-0.39, 0.29) is 11.2 Å². The quantitative estimate of drug-likeness (QED) is 0.452. The summed E-state index contributed by atoms with van der Waals surface area (Å²) in [6.07, 6.45) is 0.629. The minimum absolute atomic E-state index is 0.118. The molecule has 0 saturated heterocycles. The Labute approximate surface area is 171 Å². The van der Waals surface area contributed by atoms with Crippen LogP contribution >= 0.6 is 23.4 Å². The van der Waals surface area contributed by atoms with E-state index in [1.165, 1.54) is 11.8 Å². The Kier molecular flexibility index (Phi) is 5.19. The number of aromatic nitrogens is 4. The van der Waals surface area contributed by atoms with E-state index >= 15 is 0 Å². The third-order valence-corrected chi connectivity index (χ3v) is 6.08. The van der Waals surface area contributed by atoms with Crippen molar-refractivity contribution < 1.29 is 4.79 Å². The van der Waals surface area contributed by atoms with Crippen LogP contribution in [0.2, 0.25) is 5.02 Å². The lowest BCUT2D eigenvalue weighted by molar-refractivity contribution is -0.115. The Bertz CT molecular complexity index is 1180. The topological polar surface area (TPSA) is 83.6 Å². The largest absolute Gasteiger partial charge is 0.338 e. The van der Waals surface area contributed by atoms with Crippen molar-refractivity contribution >= 4 is 57.0 Å². The zero-order valence-corrected chi connectivity index (χ0v) is 16.9. The van der Waals surface area contributed by atoms with Gasteiger partial charge in [-0.1, -0.05) is 54.6 Å². The van der Waals surface area contributed by atoms with Gasteiger partial charge in [0.2, 0.25) is 11.1 Å². The summed E-state index contributed by atoms with van der Waals surface area (Å²) in [5.41, 5.74) is 3.99. The number of aromatic amines is 1. The molecule has 1 unspecified atom stereocenters. The maximum Gasteiger partial charge on any atom is 0.237 e. The van der Waals surface area contributed by atoms with Gasteiger partial charge in [-0.3, -0.25) is 4.79 Å². The number of para-hydroxylation sites is 1. The van der Waals surface area contributed by atoms with E-state index in [2.05, 4.69) is 25.5 Å². The van der Waals surface area contributed by atoms with Crippen molar-refractivity contribution in [2.24, 2.45) is 0 Å². The molecule has 2 heterocycles. The van der Waals surface area contributed by atoms with E-state index in [1.807, 2.05) is 50.2 Å². The van der Waals surface area contributed by atoms with E-state index in [4.69, 9.17) is 11.6 Å². The molecular weight excluding hydrogens is 394 g/mol. The summed E-state index contributed by atoms with van der Waals surface area (Å²) in [5, 5.41) is 13.2. The fourth-order valence-electron chi connectivity index (χ4n) is 2.90. The van der Waals surface area contributed by atoms with Crippen LogP contribution in [0, 0.1) is 6.92 Å². The number of halogens is 1. The second-order valence-electron chi connectivity index (χ2n) is 6.43. The molecule has 0 spiro atoms. The number of anilines is 1. The average molecular weight is 412 g/mol. The molecule has 0 aliphatic rings. The molecular formula is C20H18ClN5OS. The third-order valence-electron chi connectivity index (χ3n) is 4.45. The van der Waals surface area contributed by atoms with Crippen LogP contribution in [0.1, 0.15) is 18.9 Å². The SMILES string of the molecule is CCC(Sc1nnc2c(n1)[nH]c1ccccc12)C(=O)Nc1ccc(C)c(Cl)c1. The molecule has 6 nitrogen and oxygen atoms in total. The number of aryl methyl sites for hydroxylation is 1. The van der Waals surface area contributed by atoms with E-state index in [9.17, 15) is 4.79 Å². The Morgan fingerprint density at radius 2 is 2.07 bits per heavy atom. The highest BCUT2D eigenvalue weighted by molar-refractivity contribution is 8.00. The van der Waals surface area contributed by atoms with E-state index in [0.29, 0.717) is 27.9 Å². The zero-order chi connectivity index (χ0) is 19.7. The first-order chi connectivity index (χ1) is 13.5. The predicted molar refractivity (Wildman–Crippen MR) is 114 cm³/mol. The Balaban J connectivity index is 1.54. The van der Waals surface area contributed by atoms with E-state index in [0.717, 1.165) is 22.0 Å². The summed E-state index contributed by atoms with van der Waals surface area (Å²) < 4.78 is 0.